The van der Waals surface area contributed by atoms with Gasteiger partial charge in [0.25, 0.3) is 0 Å². The summed E-state index contributed by atoms with van der Waals surface area (Å²) in [4.78, 5) is 14.8. The Morgan fingerprint density at radius 2 is 1.75 bits per heavy atom. The maximum absolute atomic E-state index is 13.4. The maximum atomic E-state index is 13.4. The second-order valence-corrected chi connectivity index (χ2v) is 9.73. The van der Waals surface area contributed by atoms with Crippen LogP contribution in [0.15, 0.2) is 66.9 Å². The van der Waals surface area contributed by atoms with Gasteiger partial charge < -0.3 is 19.7 Å². The van der Waals surface area contributed by atoms with E-state index in [-0.39, 0.29) is 23.3 Å². The molecule has 0 radical (unpaired) electrons. The van der Waals surface area contributed by atoms with E-state index in [4.69, 9.17) is 9.47 Å². The normalized spacial score (nSPS) is 23.0. The van der Waals surface area contributed by atoms with E-state index in [2.05, 4.69) is 45.6 Å². The molecule has 1 spiro atoms. The molecule has 3 aromatic carbocycles. The van der Waals surface area contributed by atoms with Crippen LogP contribution in [0.25, 0.3) is 16.6 Å². The number of nitrogens with one attached hydrogen (secondary N) is 1. The Balaban J connectivity index is 1.29. The van der Waals surface area contributed by atoms with Crippen LogP contribution in [0, 0.1) is 5.82 Å². The molecule has 7 nitrogen and oxygen atoms in total. The van der Waals surface area contributed by atoms with Crippen molar-refractivity contribution < 1.29 is 18.7 Å². The molecular formula is C28H25FN4O3. The van der Waals surface area contributed by atoms with Crippen molar-refractivity contribution in [2.75, 3.05) is 24.7 Å². The fourth-order valence-corrected chi connectivity index (χ4v) is 6.01. The van der Waals surface area contributed by atoms with Gasteiger partial charge in [0.05, 0.1) is 29.0 Å². The molecule has 4 aromatic rings. The third kappa shape index (κ3) is 3.31. The number of aromatic nitrogens is 2. The SMILES string of the molecule is O=C1CCC2(CCN(c3ccc4c(cnn4-c4ccc(F)cc4)c3)C2c2ccc3c(c2)OCCO3)N1. The molecule has 1 aromatic heterocycles. The molecular weight excluding hydrogens is 459 g/mol. The molecule has 2 saturated heterocycles. The summed E-state index contributed by atoms with van der Waals surface area (Å²) in [7, 11) is 0. The van der Waals surface area contributed by atoms with Crippen molar-refractivity contribution in [1.82, 2.24) is 15.1 Å². The second kappa shape index (κ2) is 7.98. The van der Waals surface area contributed by atoms with Crippen LogP contribution in [-0.2, 0) is 4.79 Å². The van der Waals surface area contributed by atoms with E-state index >= 15 is 0 Å². The highest BCUT2D eigenvalue weighted by Gasteiger charge is 2.52. The number of carbonyl (C=O) groups is 1. The number of hydrogen-bond acceptors (Lipinski definition) is 5. The minimum atomic E-state index is -0.325. The van der Waals surface area contributed by atoms with Gasteiger partial charge in [-0.15, -0.1) is 0 Å². The van der Waals surface area contributed by atoms with Gasteiger partial charge in [0.1, 0.15) is 19.0 Å². The molecule has 4 heterocycles. The van der Waals surface area contributed by atoms with Gasteiger partial charge in [-0.05, 0) is 73.0 Å². The lowest BCUT2D eigenvalue weighted by Crippen LogP contribution is -2.46. The monoisotopic (exact) mass is 484 g/mol. The lowest BCUT2D eigenvalue weighted by molar-refractivity contribution is -0.119. The minimum Gasteiger partial charge on any atom is -0.486 e. The molecule has 1 N–H and O–H groups in total. The first kappa shape index (κ1) is 21.2. The van der Waals surface area contributed by atoms with Gasteiger partial charge in [0.2, 0.25) is 5.91 Å². The predicted molar refractivity (Wildman–Crippen MR) is 133 cm³/mol. The van der Waals surface area contributed by atoms with Crippen LogP contribution >= 0.6 is 0 Å². The molecule has 182 valence electrons. The van der Waals surface area contributed by atoms with Crippen LogP contribution in [0.1, 0.15) is 30.9 Å². The van der Waals surface area contributed by atoms with Gasteiger partial charge in [0, 0.05) is 24.0 Å². The van der Waals surface area contributed by atoms with E-state index < -0.39 is 0 Å². The molecule has 36 heavy (non-hydrogen) atoms. The highest BCUT2D eigenvalue weighted by molar-refractivity contribution is 5.85. The Morgan fingerprint density at radius 3 is 2.56 bits per heavy atom. The van der Waals surface area contributed by atoms with Crippen LogP contribution in [0.3, 0.4) is 0 Å². The highest BCUT2D eigenvalue weighted by atomic mass is 19.1. The number of nitrogens with zero attached hydrogens (tertiary/aromatic N) is 3. The second-order valence-electron chi connectivity index (χ2n) is 9.73. The van der Waals surface area contributed by atoms with Gasteiger partial charge in [-0.3, -0.25) is 4.79 Å². The first-order chi connectivity index (χ1) is 17.6. The highest BCUT2D eigenvalue weighted by Crippen LogP contribution is 2.49. The standard InChI is InChI=1S/C28H25FN4O3/c29-20-2-4-21(5-3-20)33-23-7-6-22(15-19(23)17-30-33)32-12-11-28(10-9-26(34)31-28)27(32)18-1-8-24-25(16-18)36-14-13-35-24/h1-8,15-17,27H,9-14H2,(H,31,34). The van der Waals surface area contributed by atoms with Gasteiger partial charge >= 0.3 is 0 Å². The maximum Gasteiger partial charge on any atom is 0.220 e. The van der Waals surface area contributed by atoms with E-state index in [9.17, 15) is 9.18 Å². The lowest BCUT2D eigenvalue weighted by Gasteiger charge is -2.37. The van der Waals surface area contributed by atoms with Crippen molar-refractivity contribution in [2.45, 2.75) is 30.8 Å². The lowest BCUT2D eigenvalue weighted by atomic mass is 9.84. The summed E-state index contributed by atoms with van der Waals surface area (Å²) >= 11 is 0. The summed E-state index contributed by atoms with van der Waals surface area (Å²) in [5, 5.41) is 8.88. The summed E-state index contributed by atoms with van der Waals surface area (Å²) < 4.78 is 26.9. The summed E-state index contributed by atoms with van der Waals surface area (Å²) in [5.41, 5.74) is 3.60. The van der Waals surface area contributed by atoms with Crippen molar-refractivity contribution >= 4 is 22.5 Å². The molecule has 2 atom stereocenters. The number of rotatable bonds is 3. The molecule has 0 aliphatic carbocycles. The van der Waals surface area contributed by atoms with E-state index in [1.807, 2.05) is 16.9 Å². The first-order valence-corrected chi connectivity index (χ1v) is 12.3. The zero-order chi connectivity index (χ0) is 24.3. The van der Waals surface area contributed by atoms with Gasteiger partial charge in [0.15, 0.2) is 11.5 Å². The van der Waals surface area contributed by atoms with Crippen LogP contribution in [0.5, 0.6) is 11.5 Å². The average molecular weight is 485 g/mol. The fraction of sp³-hybridized carbons (Fsp3) is 0.286. The van der Waals surface area contributed by atoms with Crippen molar-refractivity contribution in [3.63, 3.8) is 0 Å². The van der Waals surface area contributed by atoms with E-state index in [1.165, 1.54) is 12.1 Å². The van der Waals surface area contributed by atoms with Crippen molar-refractivity contribution in [3.05, 3.63) is 78.2 Å². The molecule has 3 aliphatic rings. The third-order valence-electron chi connectivity index (χ3n) is 7.66. The number of ether oxygens (including phenoxy) is 2. The van der Waals surface area contributed by atoms with Gasteiger partial charge in [-0.1, -0.05) is 6.07 Å². The first-order valence-electron chi connectivity index (χ1n) is 12.3. The van der Waals surface area contributed by atoms with Crippen molar-refractivity contribution in [2.24, 2.45) is 0 Å². The Labute approximate surface area is 207 Å². The number of anilines is 1. The number of hydrogen-bond donors (Lipinski definition) is 1. The zero-order valence-electron chi connectivity index (χ0n) is 19.6. The topological polar surface area (TPSA) is 68.6 Å². The molecule has 1 amide bonds. The summed E-state index contributed by atoms with van der Waals surface area (Å²) in [5.74, 6) is 1.34. The number of carbonyl (C=O) groups excluding carboxylic acids is 1. The predicted octanol–water partition coefficient (Wildman–Crippen LogP) is 4.54. The van der Waals surface area contributed by atoms with Crippen molar-refractivity contribution in [3.8, 4) is 17.2 Å². The third-order valence-corrected chi connectivity index (χ3v) is 7.66. The van der Waals surface area contributed by atoms with Crippen LogP contribution < -0.4 is 19.7 Å². The van der Waals surface area contributed by atoms with Crippen LogP contribution in [-0.4, -0.2) is 41.0 Å². The van der Waals surface area contributed by atoms with E-state index in [0.29, 0.717) is 19.6 Å². The number of halogens is 1. The van der Waals surface area contributed by atoms with Crippen LogP contribution in [0.2, 0.25) is 0 Å². The molecule has 0 bridgehead atoms. The molecule has 2 fully saturated rings. The van der Waals surface area contributed by atoms with Gasteiger partial charge in [-0.2, -0.15) is 5.10 Å². The molecule has 0 saturated carbocycles. The minimum absolute atomic E-state index is 0.0376. The van der Waals surface area contributed by atoms with E-state index in [1.54, 1.807) is 12.1 Å². The number of amides is 1. The number of benzene rings is 3. The fourth-order valence-electron chi connectivity index (χ4n) is 6.01. The zero-order valence-corrected chi connectivity index (χ0v) is 19.6. The Kier molecular flexibility index (Phi) is 4.71. The molecule has 3 aliphatic heterocycles. The molecule has 2 unspecified atom stereocenters. The van der Waals surface area contributed by atoms with Gasteiger partial charge in [-0.25, -0.2) is 9.07 Å². The summed E-state index contributed by atoms with van der Waals surface area (Å²) in [6.07, 6.45) is 4.04. The average Bonchev–Trinajstić information content (AvgIpc) is 3.60. The van der Waals surface area contributed by atoms with E-state index in [0.717, 1.165) is 58.7 Å². The summed E-state index contributed by atoms with van der Waals surface area (Å²) in [6, 6.07) is 18.7. The quantitative estimate of drug-likeness (QED) is 0.463. The smallest absolute Gasteiger partial charge is 0.220 e. The Morgan fingerprint density at radius 1 is 0.944 bits per heavy atom. The van der Waals surface area contributed by atoms with Crippen LogP contribution in [0.4, 0.5) is 10.1 Å². The molecule has 8 heteroatoms. The largest absolute Gasteiger partial charge is 0.486 e. The summed E-state index contributed by atoms with van der Waals surface area (Å²) in [6.45, 7) is 1.89. The molecule has 7 rings (SSSR count). The Bertz CT molecular complexity index is 1480. The van der Waals surface area contributed by atoms with Crippen molar-refractivity contribution in [1.29, 1.82) is 0 Å². The number of fused-ring (bicyclic) bond motifs is 2. The Hall–Kier alpha value is -4.07.